The third kappa shape index (κ3) is 4.15. The van der Waals surface area contributed by atoms with Crippen LogP contribution in [0.15, 0.2) is 59.5 Å². The number of hydrogen-bond acceptors (Lipinski definition) is 3. The minimum atomic E-state index is 0.0724. The number of rotatable bonds is 5. The molecular formula is C19H21NO2S. The monoisotopic (exact) mass is 327 g/mol. The van der Waals surface area contributed by atoms with Crippen molar-refractivity contribution in [2.24, 2.45) is 5.92 Å². The van der Waals surface area contributed by atoms with Gasteiger partial charge in [-0.3, -0.25) is 4.79 Å². The standard InChI is InChI=1S/C19H21NO2S/c21-13-16-10-11-20(12-16)19(22)17-8-6-15(7-9-17)14-23-18-4-2-1-3-5-18/h1-9,16,21H,10-14H2. The van der Waals surface area contributed by atoms with Gasteiger partial charge in [-0.05, 0) is 36.2 Å². The molecule has 1 heterocycles. The van der Waals surface area contributed by atoms with Gasteiger partial charge in [-0.25, -0.2) is 0 Å². The van der Waals surface area contributed by atoms with Crippen LogP contribution in [-0.4, -0.2) is 35.6 Å². The molecule has 1 aliphatic heterocycles. The first-order valence-electron chi connectivity index (χ1n) is 7.93. The van der Waals surface area contributed by atoms with E-state index < -0.39 is 0 Å². The SMILES string of the molecule is O=C(c1ccc(CSc2ccccc2)cc1)N1CCC(CO)C1. The zero-order valence-corrected chi connectivity index (χ0v) is 13.8. The van der Waals surface area contributed by atoms with Gasteiger partial charge in [0.1, 0.15) is 0 Å². The van der Waals surface area contributed by atoms with E-state index in [1.54, 1.807) is 11.8 Å². The summed E-state index contributed by atoms with van der Waals surface area (Å²) in [7, 11) is 0. The van der Waals surface area contributed by atoms with Gasteiger partial charge in [0.05, 0.1) is 0 Å². The fourth-order valence-corrected chi connectivity index (χ4v) is 3.65. The Hall–Kier alpha value is -1.78. The van der Waals surface area contributed by atoms with E-state index in [-0.39, 0.29) is 18.4 Å². The first kappa shape index (κ1) is 16.1. The van der Waals surface area contributed by atoms with Crippen LogP contribution >= 0.6 is 11.8 Å². The molecule has 1 atom stereocenters. The maximum absolute atomic E-state index is 12.4. The fourth-order valence-electron chi connectivity index (χ4n) is 2.78. The number of aliphatic hydroxyl groups excluding tert-OH is 1. The topological polar surface area (TPSA) is 40.5 Å². The molecule has 1 amide bonds. The van der Waals surface area contributed by atoms with Crippen molar-refractivity contribution in [3.8, 4) is 0 Å². The van der Waals surface area contributed by atoms with E-state index >= 15 is 0 Å². The molecule has 0 bridgehead atoms. The van der Waals surface area contributed by atoms with Crippen LogP contribution in [0, 0.1) is 5.92 Å². The van der Waals surface area contributed by atoms with Gasteiger partial charge in [-0.15, -0.1) is 11.8 Å². The van der Waals surface area contributed by atoms with Crippen LogP contribution in [0.2, 0.25) is 0 Å². The van der Waals surface area contributed by atoms with Crippen LogP contribution in [0.5, 0.6) is 0 Å². The van der Waals surface area contributed by atoms with Gasteiger partial charge in [0, 0.05) is 41.8 Å². The summed E-state index contributed by atoms with van der Waals surface area (Å²) in [4.78, 5) is 15.5. The number of likely N-dealkylation sites (tertiary alicyclic amines) is 1. The van der Waals surface area contributed by atoms with E-state index in [1.807, 2.05) is 47.4 Å². The largest absolute Gasteiger partial charge is 0.396 e. The van der Waals surface area contributed by atoms with Crippen molar-refractivity contribution in [2.45, 2.75) is 17.1 Å². The Morgan fingerprint density at radius 1 is 1.13 bits per heavy atom. The lowest BCUT2D eigenvalue weighted by molar-refractivity contribution is 0.0782. The van der Waals surface area contributed by atoms with Gasteiger partial charge in [0.15, 0.2) is 0 Å². The highest BCUT2D eigenvalue weighted by atomic mass is 32.2. The van der Waals surface area contributed by atoms with Gasteiger partial charge in [0.25, 0.3) is 5.91 Å². The van der Waals surface area contributed by atoms with Crippen LogP contribution in [0.1, 0.15) is 22.3 Å². The van der Waals surface area contributed by atoms with Crippen molar-refractivity contribution in [2.75, 3.05) is 19.7 Å². The lowest BCUT2D eigenvalue weighted by atomic mass is 10.1. The third-order valence-corrected chi connectivity index (χ3v) is 5.26. The fraction of sp³-hybridized carbons (Fsp3) is 0.316. The molecule has 3 nitrogen and oxygen atoms in total. The Balaban J connectivity index is 1.57. The van der Waals surface area contributed by atoms with Crippen LogP contribution in [0.3, 0.4) is 0 Å². The molecular weight excluding hydrogens is 306 g/mol. The highest BCUT2D eigenvalue weighted by Crippen LogP contribution is 2.23. The van der Waals surface area contributed by atoms with Crippen LogP contribution in [0.25, 0.3) is 0 Å². The summed E-state index contributed by atoms with van der Waals surface area (Å²) in [6.45, 7) is 1.58. The first-order valence-corrected chi connectivity index (χ1v) is 8.92. The molecule has 23 heavy (non-hydrogen) atoms. The minimum Gasteiger partial charge on any atom is -0.396 e. The Bertz CT molecular complexity index is 642. The predicted molar refractivity (Wildman–Crippen MR) is 93.5 cm³/mol. The molecule has 1 N–H and O–H groups in total. The summed E-state index contributed by atoms with van der Waals surface area (Å²) in [5.41, 5.74) is 1.95. The number of thioether (sulfide) groups is 1. The van der Waals surface area contributed by atoms with Gasteiger partial charge >= 0.3 is 0 Å². The number of nitrogens with zero attached hydrogens (tertiary/aromatic N) is 1. The average molecular weight is 327 g/mol. The number of carbonyl (C=O) groups is 1. The van der Waals surface area contributed by atoms with E-state index in [9.17, 15) is 9.90 Å². The van der Waals surface area contributed by atoms with Crippen molar-refractivity contribution in [3.05, 3.63) is 65.7 Å². The summed E-state index contributed by atoms with van der Waals surface area (Å²) in [5.74, 6) is 1.21. The molecule has 1 saturated heterocycles. The Morgan fingerprint density at radius 2 is 1.87 bits per heavy atom. The zero-order chi connectivity index (χ0) is 16.1. The van der Waals surface area contributed by atoms with Gasteiger partial charge in [-0.1, -0.05) is 30.3 Å². The average Bonchev–Trinajstić information content (AvgIpc) is 3.10. The molecule has 4 heteroatoms. The Labute approximate surface area is 141 Å². The van der Waals surface area contributed by atoms with E-state index in [1.165, 1.54) is 10.5 Å². The van der Waals surface area contributed by atoms with Gasteiger partial charge in [0.2, 0.25) is 0 Å². The quantitative estimate of drug-likeness (QED) is 0.855. The maximum Gasteiger partial charge on any atom is 0.253 e. The molecule has 0 spiro atoms. The molecule has 1 unspecified atom stereocenters. The second-order valence-corrected chi connectivity index (χ2v) is 6.94. The van der Waals surface area contributed by atoms with Crippen molar-refractivity contribution in [1.82, 2.24) is 4.90 Å². The second-order valence-electron chi connectivity index (χ2n) is 5.89. The van der Waals surface area contributed by atoms with Gasteiger partial charge < -0.3 is 10.0 Å². The smallest absolute Gasteiger partial charge is 0.253 e. The molecule has 0 radical (unpaired) electrons. The summed E-state index contributed by atoms with van der Waals surface area (Å²) >= 11 is 1.79. The number of amides is 1. The number of hydrogen-bond donors (Lipinski definition) is 1. The van der Waals surface area contributed by atoms with Gasteiger partial charge in [-0.2, -0.15) is 0 Å². The molecule has 3 rings (SSSR count). The van der Waals surface area contributed by atoms with Crippen molar-refractivity contribution < 1.29 is 9.90 Å². The number of aliphatic hydroxyl groups is 1. The Morgan fingerprint density at radius 3 is 2.52 bits per heavy atom. The molecule has 0 aromatic heterocycles. The lowest BCUT2D eigenvalue weighted by Gasteiger charge is -2.16. The minimum absolute atomic E-state index is 0.0724. The van der Waals surface area contributed by atoms with E-state index in [0.29, 0.717) is 6.54 Å². The highest BCUT2D eigenvalue weighted by molar-refractivity contribution is 7.98. The normalized spacial score (nSPS) is 17.4. The Kier molecular flexibility index (Phi) is 5.36. The molecule has 1 fully saturated rings. The van der Waals surface area contributed by atoms with Crippen molar-refractivity contribution in [1.29, 1.82) is 0 Å². The van der Waals surface area contributed by atoms with E-state index in [2.05, 4.69) is 12.1 Å². The van der Waals surface area contributed by atoms with Crippen LogP contribution in [0.4, 0.5) is 0 Å². The first-order chi connectivity index (χ1) is 11.3. The lowest BCUT2D eigenvalue weighted by Crippen LogP contribution is -2.29. The number of benzene rings is 2. The second kappa shape index (κ2) is 7.66. The van der Waals surface area contributed by atoms with E-state index in [0.717, 1.165) is 24.3 Å². The molecule has 2 aromatic rings. The zero-order valence-electron chi connectivity index (χ0n) is 13.0. The highest BCUT2D eigenvalue weighted by Gasteiger charge is 2.26. The molecule has 0 aliphatic carbocycles. The molecule has 0 saturated carbocycles. The summed E-state index contributed by atoms with van der Waals surface area (Å²) in [5, 5.41) is 9.19. The van der Waals surface area contributed by atoms with Crippen molar-refractivity contribution >= 4 is 17.7 Å². The van der Waals surface area contributed by atoms with Crippen LogP contribution < -0.4 is 0 Å². The summed E-state index contributed by atoms with van der Waals surface area (Å²) in [6, 6.07) is 18.2. The van der Waals surface area contributed by atoms with E-state index in [4.69, 9.17) is 0 Å². The molecule has 120 valence electrons. The summed E-state index contributed by atoms with van der Waals surface area (Å²) < 4.78 is 0. The molecule has 1 aliphatic rings. The molecule has 2 aromatic carbocycles. The van der Waals surface area contributed by atoms with Crippen LogP contribution in [-0.2, 0) is 5.75 Å². The maximum atomic E-state index is 12.4. The summed E-state index contributed by atoms with van der Waals surface area (Å²) in [6.07, 6.45) is 0.897. The predicted octanol–water partition coefficient (Wildman–Crippen LogP) is 3.43. The number of carbonyl (C=O) groups excluding carboxylic acids is 1. The van der Waals surface area contributed by atoms with Crippen molar-refractivity contribution in [3.63, 3.8) is 0 Å². The third-order valence-electron chi connectivity index (χ3n) is 4.18.